The molecule has 0 spiro atoms. The third kappa shape index (κ3) is 3.19. The first-order valence-electron chi connectivity index (χ1n) is 7.82. The lowest BCUT2D eigenvalue weighted by molar-refractivity contribution is -0.113. The molecule has 1 aromatic carbocycles. The largest absolute Gasteiger partial charge is 0.507 e. The lowest BCUT2D eigenvalue weighted by Gasteiger charge is -2.08. The number of furan rings is 1. The second kappa shape index (κ2) is 6.98. The van der Waals surface area contributed by atoms with Crippen LogP contribution in [0.4, 0.5) is 5.13 Å². The van der Waals surface area contributed by atoms with Gasteiger partial charge in [-0.1, -0.05) is 0 Å². The minimum atomic E-state index is -1.25. The molecule has 140 valence electrons. The van der Waals surface area contributed by atoms with E-state index in [2.05, 4.69) is 4.98 Å². The first-order valence-corrected chi connectivity index (χ1v) is 9.52. The third-order valence-electron chi connectivity index (χ3n) is 3.85. The Kier molecular flexibility index (Phi) is 4.49. The van der Waals surface area contributed by atoms with E-state index in [0.29, 0.717) is 27.1 Å². The van der Waals surface area contributed by atoms with Crippen LogP contribution in [-0.2, 0) is 4.79 Å². The van der Waals surface area contributed by atoms with Gasteiger partial charge in [0.15, 0.2) is 10.3 Å². The van der Waals surface area contributed by atoms with Crippen molar-refractivity contribution in [1.82, 2.24) is 4.98 Å². The van der Waals surface area contributed by atoms with Crippen LogP contribution in [0, 0.1) is 5.41 Å². The second-order valence-electron chi connectivity index (χ2n) is 5.61. The number of hydrogen-bond donors (Lipinski definition) is 3. The fourth-order valence-electron chi connectivity index (χ4n) is 2.56. The average Bonchev–Trinajstić information content (AvgIpc) is 3.38. The lowest BCUT2D eigenvalue weighted by Crippen LogP contribution is -2.27. The van der Waals surface area contributed by atoms with E-state index in [9.17, 15) is 14.7 Å². The van der Waals surface area contributed by atoms with Crippen LogP contribution in [-0.4, -0.2) is 32.2 Å². The Labute approximate surface area is 166 Å². The van der Waals surface area contributed by atoms with Crippen LogP contribution in [0.1, 0.15) is 16.1 Å². The van der Waals surface area contributed by atoms with Crippen molar-refractivity contribution in [3.8, 4) is 17.1 Å². The van der Waals surface area contributed by atoms with Crippen molar-refractivity contribution in [1.29, 1.82) is 5.41 Å². The maximum atomic E-state index is 12.6. The van der Waals surface area contributed by atoms with Crippen LogP contribution < -0.4 is 4.90 Å². The van der Waals surface area contributed by atoms with Gasteiger partial charge in [0.25, 0.3) is 5.91 Å². The summed E-state index contributed by atoms with van der Waals surface area (Å²) in [6.07, 6.45) is 3.09. The first kappa shape index (κ1) is 18.0. The summed E-state index contributed by atoms with van der Waals surface area (Å²) in [5.74, 6) is -1.18. The number of aromatic nitrogens is 1. The molecule has 1 amide bonds. The predicted molar refractivity (Wildman–Crippen MR) is 106 cm³/mol. The molecule has 0 unspecified atom stereocenters. The number of carboxylic acid groups (broad SMARTS) is 1. The summed E-state index contributed by atoms with van der Waals surface area (Å²) in [7, 11) is 0. The highest BCUT2D eigenvalue weighted by atomic mass is 32.2. The molecule has 0 bridgehead atoms. The van der Waals surface area contributed by atoms with E-state index in [0.717, 1.165) is 11.8 Å². The molecule has 3 N–H and O–H groups in total. The summed E-state index contributed by atoms with van der Waals surface area (Å²) in [6, 6.07) is 7.40. The highest BCUT2D eigenvalue weighted by molar-refractivity contribution is 8.19. The number of amides is 1. The summed E-state index contributed by atoms with van der Waals surface area (Å²) in [5.41, 5.74) is 0.241. The number of thioether (sulfide) groups is 1. The molecule has 0 radical (unpaired) electrons. The highest BCUT2D eigenvalue weighted by Crippen LogP contribution is 2.36. The smallest absolute Gasteiger partial charge is 0.339 e. The quantitative estimate of drug-likeness (QED) is 0.554. The van der Waals surface area contributed by atoms with Gasteiger partial charge in [0.1, 0.15) is 22.8 Å². The summed E-state index contributed by atoms with van der Waals surface area (Å²) < 4.78 is 5.70. The molecule has 2 aromatic heterocycles. The van der Waals surface area contributed by atoms with Gasteiger partial charge in [-0.25, -0.2) is 14.7 Å². The summed E-state index contributed by atoms with van der Waals surface area (Å²) in [6.45, 7) is 0. The minimum Gasteiger partial charge on any atom is -0.507 e. The molecule has 0 saturated carbocycles. The van der Waals surface area contributed by atoms with Crippen LogP contribution in [0.25, 0.3) is 17.4 Å². The fourth-order valence-corrected chi connectivity index (χ4v) is 4.09. The minimum absolute atomic E-state index is 0.0580. The number of carbonyl (C=O) groups excluding carboxylic acids is 1. The van der Waals surface area contributed by atoms with Crippen LogP contribution >= 0.6 is 23.1 Å². The zero-order chi connectivity index (χ0) is 19.8. The monoisotopic (exact) mass is 413 g/mol. The maximum absolute atomic E-state index is 12.6. The number of carboxylic acids is 1. The van der Waals surface area contributed by atoms with Crippen LogP contribution in [0.2, 0.25) is 0 Å². The molecule has 4 rings (SSSR count). The molecule has 1 fully saturated rings. The van der Waals surface area contributed by atoms with E-state index in [4.69, 9.17) is 14.9 Å². The predicted octanol–water partition coefficient (Wildman–Crippen LogP) is 3.86. The van der Waals surface area contributed by atoms with Gasteiger partial charge in [-0.2, -0.15) is 0 Å². The first-order chi connectivity index (χ1) is 13.4. The van der Waals surface area contributed by atoms with Gasteiger partial charge in [-0.15, -0.1) is 11.3 Å². The zero-order valence-corrected chi connectivity index (χ0v) is 15.6. The van der Waals surface area contributed by atoms with Gasteiger partial charge in [0.2, 0.25) is 0 Å². The zero-order valence-electron chi connectivity index (χ0n) is 13.9. The Hall–Kier alpha value is -3.37. The van der Waals surface area contributed by atoms with Crippen LogP contribution in [0.3, 0.4) is 0 Å². The number of thiazole rings is 1. The number of aromatic carboxylic acids is 1. The van der Waals surface area contributed by atoms with Gasteiger partial charge in [-0.05, 0) is 42.1 Å². The molecule has 1 aliphatic heterocycles. The SMILES string of the molecule is N=C1S/C(=C\c2ccc(-c3ccc(O)c(C(=O)O)c3)o2)C(=O)N1c1nccs1. The molecular formula is C18H11N3O5S2. The second-order valence-corrected chi connectivity index (χ2v) is 7.51. The summed E-state index contributed by atoms with van der Waals surface area (Å²) in [4.78, 5) is 29.4. The molecule has 3 heterocycles. The molecule has 0 atom stereocenters. The van der Waals surface area contributed by atoms with E-state index < -0.39 is 5.97 Å². The Bertz CT molecular complexity index is 1130. The molecular weight excluding hydrogens is 402 g/mol. The highest BCUT2D eigenvalue weighted by Gasteiger charge is 2.35. The fraction of sp³-hybridized carbons (Fsp3) is 0. The van der Waals surface area contributed by atoms with E-state index in [-0.39, 0.29) is 22.4 Å². The molecule has 28 heavy (non-hydrogen) atoms. The number of rotatable bonds is 4. The molecule has 8 nitrogen and oxygen atoms in total. The number of phenols is 1. The lowest BCUT2D eigenvalue weighted by atomic mass is 10.1. The Morgan fingerprint density at radius 1 is 1.29 bits per heavy atom. The third-order valence-corrected chi connectivity index (χ3v) is 5.49. The number of nitrogens with one attached hydrogen (secondary N) is 1. The van der Waals surface area contributed by atoms with Crippen LogP contribution in [0.15, 0.2) is 51.2 Å². The van der Waals surface area contributed by atoms with Gasteiger partial charge in [0.05, 0.1) is 4.91 Å². The summed E-state index contributed by atoms with van der Waals surface area (Å²) in [5, 5.41) is 29.0. The number of nitrogens with zero attached hydrogens (tertiary/aromatic N) is 2. The standard InChI is InChI=1S/C18H11N3O5S2/c19-17-21(18-20-5-6-27-18)15(23)14(28-17)8-10-2-4-13(26-10)9-1-3-12(22)11(7-9)16(24)25/h1-8,19,22H,(H,24,25)/b14-8-,19-17?. The molecule has 0 aliphatic carbocycles. The van der Waals surface area contributed by atoms with Gasteiger partial charge in [0, 0.05) is 23.2 Å². The number of aromatic hydroxyl groups is 1. The molecule has 10 heteroatoms. The number of carbonyl (C=O) groups is 2. The van der Waals surface area contributed by atoms with Gasteiger partial charge < -0.3 is 14.6 Å². The van der Waals surface area contributed by atoms with E-state index in [1.807, 2.05) is 0 Å². The Balaban J connectivity index is 1.62. The molecule has 1 saturated heterocycles. The maximum Gasteiger partial charge on any atom is 0.339 e. The van der Waals surface area contributed by atoms with E-state index in [1.165, 1.54) is 40.5 Å². The number of anilines is 1. The average molecular weight is 413 g/mol. The number of amidine groups is 1. The van der Waals surface area contributed by atoms with E-state index >= 15 is 0 Å². The van der Waals surface area contributed by atoms with Gasteiger partial charge >= 0.3 is 5.97 Å². The van der Waals surface area contributed by atoms with Crippen molar-refractivity contribution >= 4 is 51.4 Å². The molecule has 3 aromatic rings. The molecule has 1 aliphatic rings. The van der Waals surface area contributed by atoms with Crippen molar-refractivity contribution in [2.24, 2.45) is 0 Å². The van der Waals surface area contributed by atoms with Crippen molar-refractivity contribution in [3.05, 3.63) is 58.1 Å². The van der Waals surface area contributed by atoms with Crippen molar-refractivity contribution < 1.29 is 24.2 Å². The van der Waals surface area contributed by atoms with Gasteiger partial charge in [-0.3, -0.25) is 10.2 Å². The van der Waals surface area contributed by atoms with Crippen molar-refractivity contribution in [2.75, 3.05) is 4.90 Å². The van der Waals surface area contributed by atoms with Crippen LogP contribution in [0.5, 0.6) is 5.75 Å². The normalized spacial score (nSPS) is 15.6. The van der Waals surface area contributed by atoms with Crippen molar-refractivity contribution in [2.45, 2.75) is 0 Å². The van der Waals surface area contributed by atoms with Crippen molar-refractivity contribution in [3.63, 3.8) is 0 Å². The summed E-state index contributed by atoms with van der Waals surface area (Å²) >= 11 is 2.27. The number of hydrogen-bond acceptors (Lipinski definition) is 8. The Morgan fingerprint density at radius 2 is 2.11 bits per heavy atom. The topological polar surface area (TPSA) is 128 Å². The Morgan fingerprint density at radius 3 is 2.82 bits per heavy atom. The number of benzene rings is 1. The van der Waals surface area contributed by atoms with E-state index in [1.54, 1.807) is 23.7 Å².